The molecule has 0 aliphatic carbocycles. The smallest absolute Gasteiger partial charge is 0.270 e. The highest BCUT2D eigenvalue weighted by Crippen LogP contribution is 2.20. The molecule has 2 N–H and O–H groups in total. The second kappa shape index (κ2) is 5.82. The third kappa shape index (κ3) is 3.08. The van der Waals surface area contributed by atoms with E-state index in [-0.39, 0.29) is 17.1 Å². The number of nitrogens with one attached hydrogen (secondary N) is 2. The van der Waals surface area contributed by atoms with E-state index in [9.17, 15) is 18.5 Å². The molecule has 0 unspecified atom stereocenters. The summed E-state index contributed by atoms with van der Waals surface area (Å²) in [6.07, 6.45) is 1.74. The molecular weight excluding hydrogens is 318 g/mol. The van der Waals surface area contributed by atoms with Crippen LogP contribution in [0.2, 0.25) is 0 Å². The Hall–Kier alpha value is -2.71. The zero-order valence-electron chi connectivity index (χ0n) is 11.9. The minimum Gasteiger partial charge on any atom is -0.361 e. The van der Waals surface area contributed by atoms with Crippen molar-refractivity contribution in [3.05, 3.63) is 70.4 Å². The summed E-state index contributed by atoms with van der Waals surface area (Å²) in [5.41, 5.74) is 1.45. The lowest BCUT2D eigenvalue weighted by molar-refractivity contribution is -0.385. The molecular formula is C15H13N3O4S. The normalized spacial score (nSPS) is 11.7. The van der Waals surface area contributed by atoms with Crippen molar-refractivity contribution in [3.63, 3.8) is 0 Å². The number of aromatic amines is 1. The molecule has 0 aliphatic heterocycles. The van der Waals surface area contributed by atoms with Gasteiger partial charge in [0.2, 0.25) is 10.0 Å². The number of sulfonamides is 1. The number of nitro groups is 1. The number of hydrogen-bond donors (Lipinski definition) is 2. The first kappa shape index (κ1) is 15.2. The van der Waals surface area contributed by atoms with Crippen molar-refractivity contribution in [1.29, 1.82) is 0 Å². The van der Waals surface area contributed by atoms with Gasteiger partial charge in [-0.05, 0) is 17.7 Å². The summed E-state index contributed by atoms with van der Waals surface area (Å²) in [6.45, 7) is 0.0923. The van der Waals surface area contributed by atoms with E-state index >= 15 is 0 Å². The first-order valence-electron chi connectivity index (χ1n) is 6.76. The zero-order valence-corrected chi connectivity index (χ0v) is 12.7. The molecule has 0 amide bonds. The Morgan fingerprint density at radius 2 is 1.91 bits per heavy atom. The van der Waals surface area contributed by atoms with E-state index in [2.05, 4.69) is 9.71 Å². The van der Waals surface area contributed by atoms with E-state index in [1.54, 1.807) is 6.20 Å². The molecule has 0 spiro atoms. The predicted octanol–water partition coefficient (Wildman–Crippen LogP) is 2.55. The van der Waals surface area contributed by atoms with Crippen LogP contribution < -0.4 is 4.72 Å². The van der Waals surface area contributed by atoms with E-state index in [1.807, 2.05) is 24.3 Å². The fraction of sp³-hybridized carbons (Fsp3) is 0.0667. The Morgan fingerprint density at radius 3 is 2.70 bits per heavy atom. The Bertz CT molecular complexity index is 979. The van der Waals surface area contributed by atoms with Gasteiger partial charge in [-0.25, -0.2) is 13.1 Å². The molecule has 8 heteroatoms. The van der Waals surface area contributed by atoms with Crippen molar-refractivity contribution in [1.82, 2.24) is 9.71 Å². The first-order valence-corrected chi connectivity index (χ1v) is 8.25. The second-order valence-electron chi connectivity index (χ2n) is 4.94. The summed E-state index contributed by atoms with van der Waals surface area (Å²) in [4.78, 5) is 13.1. The van der Waals surface area contributed by atoms with Crippen LogP contribution in [0.25, 0.3) is 10.9 Å². The molecule has 1 aromatic heterocycles. The number of benzene rings is 2. The number of nitro benzene ring substituents is 1. The third-order valence-corrected chi connectivity index (χ3v) is 4.87. The summed E-state index contributed by atoms with van der Waals surface area (Å²) in [7, 11) is -3.83. The lowest BCUT2D eigenvalue weighted by Gasteiger charge is -2.06. The first-order chi connectivity index (χ1) is 11.0. The van der Waals surface area contributed by atoms with Gasteiger partial charge in [-0.3, -0.25) is 10.1 Å². The molecule has 3 rings (SSSR count). The van der Waals surface area contributed by atoms with Crippen LogP contribution in [0, 0.1) is 10.1 Å². The summed E-state index contributed by atoms with van der Waals surface area (Å²) in [5.74, 6) is 0. The van der Waals surface area contributed by atoms with Gasteiger partial charge < -0.3 is 4.98 Å². The summed E-state index contributed by atoms with van der Waals surface area (Å²) in [6, 6.07) is 12.5. The summed E-state index contributed by atoms with van der Waals surface area (Å²) < 4.78 is 27.1. The van der Waals surface area contributed by atoms with E-state index in [4.69, 9.17) is 0 Å². The van der Waals surface area contributed by atoms with Gasteiger partial charge in [-0.15, -0.1) is 0 Å². The average molecular weight is 331 g/mol. The van der Waals surface area contributed by atoms with E-state index in [0.717, 1.165) is 22.5 Å². The van der Waals surface area contributed by atoms with Crippen LogP contribution in [0.5, 0.6) is 0 Å². The van der Waals surface area contributed by atoms with Gasteiger partial charge in [0.15, 0.2) is 0 Å². The third-order valence-electron chi connectivity index (χ3n) is 3.47. The van der Waals surface area contributed by atoms with Gasteiger partial charge in [0.1, 0.15) is 0 Å². The number of fused-ring (bicyclic) bond motifs is 1. The maximum absolute atomic E-state index is 12.3. The summed E-state index contributed by atoms with van der Waals surface area (Å²) >= 11 is 0. The molecule has 7 nitrogen and oxygen atoms in total. The SMILES string of the molecule is O=[N+]([O-])c1cccc(S(=O)(=O)NCc2c[nH]c3ccccc23)c1. The van der Waals surface area contributed by atoms with Crippen LogP contribution in [0.4, 0.5) is 5.69 Å². The maximum Gasteiger partial charge on any atom is 0.270 e. The molecule has 0 bridgehead atoms. The maximum atomic E-state index is 12.3. The molecule has 2 aromatic carbocycles. The number of hydrogen-bond acceptors (Lipinski definition) is 4. The number of H-pyrrole nitrogens is 1. The number of aromatic nitrogens is 1. The van der Waals surface area contributed by atoms with Crippen LogP contribution >= 0.6 is 0 Å². The zero-order chi connectivity index (χ0) is 16.4. The van der Waals surface area contributed by atoms with Crippen LogP contribution in [-0.2, 0) is 16.6 Å². The largest absolute Gasteiger partial charge is 0.361 e. The molecule has 1 heterocycles. The molecule has 0 saturated carbocycles. The van der Waals surface area contributed by atoms with Crippen molar-refractivity contribution in [2.45, 2.75) is 11.4 Å². The fourth-order valence-electron chi connectivity index (χ4n) is 2.30. The van der Waals surface area contributed by atoms with Crippen molar-refractivity contribution in [3.8, 4) is 0 Å². The number of non-ortho nitro benzene ring substituents is 1. The van der Waals surface area contributed by atoms with Crippen molar-refractivity contribution >= 4 is 26.6 Å². The van der Waals surface area contributed by atoms with Crippen molar-refractivity contribution in [2.75, 3.05) is 0 Å². The molecule has 0 aliphatic rings. The molecule has 0 fully saturated rings. The number of nitrogens with zero attached hydrogens (tertiary/aromatic N) is 1. The molecule has 118 valence electrons. The number of para-hydroxylation sites is 1. The van der Waals surface area contributed by atoms with Crippen LogP contribution in [0.1, 0.15) is 5.56 Å². The highest BCUT2D eigenvalue weighted by molar-refractivity contribution is 7.89. The van der Waals surface area contributed by atoms with Gasteiger partial charge in [0, 0.05) is 35.8 Å². The van der Waals surface area contributed by atoms with Crippen molar-refractivity contribution < 1.29 is 13.3 Å². The topological polar surface area (TPSA) is 105 Å². The van der Waals surface area contributed by atoms with Gasteiger partial charge in [-0.1, -0.05) is 24.3 Å². The lowest BCUT2D eigenvalue weighted by Crippen LogP contribution is -2.23. The standard InChI is InChI=1S/C15H13N3O4S/c19-18(20)12-4-3-5-13(8-12)23(21,22)17-10-11-9-16-15-7-2-1-6-14(11)15/h1-9,16-17H,10H2. The molecule has 0 atom stereocenters. The van der Waals surface area contributed by atoms with E-state index < -0.39 is 14.9 Å². The Labute approximate surface area is 132 Å². The highest BCUT2D eigenvalue weighted by atomic mass is 32.2. The quantitative estimate of drug-likeness (QED) is 0.553. The average Bonchev–Trinajstić information content (AvgIpc) is 2.96. The molecule has 0 saturated heterocycles. The van der Waals surface area contributed by atoms with E-state index in [0.29, 0.717) is 0 Å². The van der Waals surface area contributed by atoms with Crippen LogP contribution in [0.3, 0.4) is 0 Å². The molecule has 23 heavy (non-hydrogen) atoms. The van der Waals surface area contributed by atoms with E-state index in [1.165, 1.54) is 18.2 Å². The monoisotopic (exact) mass is 331 g/mol. The van der Waals surface area contributed by atoms with Gasteiger partial charge in [0.25, 0.3) is 5.69 Å². The predicted molar refractivity (Wildman–Crippen MR) is 85.4 cm³/mol. The minimum atomic E-state index is -3.83. The minimum absolute atomic E-state index is 0.0923. The van der Waals surface area contributed by atoms with Gasteiger partial charge >= 0.3 is 0 Å². The Balaban J connectivity index is 1.84. The van der Waals surface area contributed by atoms with Crippen molar-refractivity contribution in [2.24, 2.45) is 0 Å². The van der Waals surface area contributed by atoms with Crippen LogP contribution in [-0.4, -0.2) is 18.3 Å². The van der Waals surface area contributed by atoms with Gasteiger partial charge in [0.05, 0.1) is 9.82 Å². The van der Waals surface area contributed by atoms with Gasteiger partial charge in [-0.2, -0.15) is 0 Å². The number of rotatable bonds is 5. The fourth-order valence-corrected chi connectivity index (χ4v) is 3.34. The highest BCUT2D eigenvalue weighted by Gasteiger charge is 2.17. The second-order valence-corrected chi connectivity index (χ2v) is 6.71. The Morgan fingerprint density at radius 1 is 1.13 bits per heavy atom. The Kier molecular flexibility index (Phi) is 3.85. The van der Waals surface area contributed by atoms with Crippen LogP contribution in [0.15, 0.2) is 59.6 Å². The molecule has 0 radical (unpaired) electrons. The summed E-state index contributed by atoms with van der Waals surface area (Å²) in [5, 5.41) is 11.7. The lowest BCUT2D eigenvalue weighted by atomic mass is 10.2. The molecule has 3 aromatic rings.